The highest BCUT2D eigenvalue weighted by Crippen LogP contribution is 2.14. The number of carbonyl (C=O) groups is 1. The van der Waals surface area contributed by atoms with E-state index in [0.717, 1.165) is 32.4 Å². The van der Waals surface area contributed by atoms with Gasteiger partial charge in [-0.2, -0.15) is 0 Å². The molecule has 1 aliphatic heterocycles. The van der Waals surface area contributed by atoms with Crippen LogP contribution in [-0.4, -0.2) is 43.2 Å². The van der Waals surface area contributed by atoms with E-state index >= 15 is 0 Å². The van der Waals surface area contributed by atoms with Crippen LogP contribution in [0.3, 0.4) is 0 Å². The van der Waals surface area contributed by atoms with Crippen molar-refractivity contribution in [3.63, 3.8) is 0 Å². The van der Waals surface area contributed by atoms with Gasteiger partial charge < -0.3 is 15.4 Å². The van der Waals surface area contributed by atoms with Gasteiger partial charge in [0.1, 0.15) is 0 Å². The first-order valence-electron chi connectivity index (χ1n) is 7.32. The molecule has 4 heteroatoms. The first-order valence-corrected chi connectivity index (χ1v) is 7.32. The van der Waals surface area contributed by atoms with Gasteiger partial charge in [0.15, 0.2) is 0 Å². The summed E-state index contributed by atoms with van der Waals surface area (Å²) in [5, 5.41) is 0. The average Bonchev–Trinajstić information content (AvgIpc) is 2.53. The molecule has 2 N–H and O–H groups in total. The zero-order valence-electron chi connectivity index (χ0n) is 12.1. The lowest BCUT2D eigenvalue weighted by molar-refractivity contribution is -0.135. The van der Waals surface area contributed by atoms with Crippen LogP contribution in [0.25, 0.3) is 0 Å². The number of nitrogens with two attached hydrogens (primary N) is 1. The van der Waals surface area contributed by atoms with Crippen molar-refractivity contribution in [1.82, 2.24) is 4.90 Å². The normalized spacial score (nSPS) is 18.0. The van der Waals surface area contributed by atoms with E-state index in [2.05, 4.69) is 12.1 Å². The van der Waals surface area contributed by atoms with E-state index in [1.54, 1.807) is 7.11 Å². The van der Waals surface area contributed by atoms with Crippen LogP contribution in [0.5, 0.6) is 0 Å². The quantitative estimate of drug-likeness (QED) is 0.888. The van der Waals surface area contributed by atoms with E-state index in [0.29, 0.717) is 12.5 Å². The summed E-state index contributed by atoms with van der Waals surface area (Å²) in [5.74, 6) is 0.0792. The highest BCUT2D eigenvalue weighted by Gasteiger charge is 2.25. The molecule has 0 spiro atoms. The molecule has 2 rings (SSSR count). The van der Waals surface area contributed by atoms with Gasteiger partial charge in [0.2, 0.25) is 5.91 Å². The number of carbonyl (C=O) groups excluding carboxylic acids is 1. The first kappa shape index (κ1) is 15.0. The Bertz CT molecular complexity index is 414. The van der Waals surface area contributed by atoms with Gasteiger partial charge in [0.05, 0.1) is 12.1 Å². The van der Waals surface area contributed by atoms with Gasteiger partial charge in [-0.25, -0.2) is 0 Å². The predicted molar refractivity (Wildman–Crippen MR) is 79.3 cm³/mol. The number of hydrogen-bond acceptors (Lipinski definition) is 3. The Morgan fingerprint density at radius 2 is 2.00 bits per heavy atom. The topological polar surface area (TPSA) is 55.6 Å². The third-order valence-corrected chi connectivity index (χ3v) is 3.99. The summed E-state index contributed by atoms with van der Waals surface area (Å²) in [6.07, 6.45) is 3.66. The minimum atomic E-state index is -0.394. The minimum Gasteiger partial charge on any atom is -0.381 e. The molecule has 1 aliphatic rings. The van der Waals surface area contributed by atoms with Gasteiger partial charge in [-0.1, -0.05) is 30.3 Å². The van der Waals surface area contributed by atoms with E-state index in [1.165, 1.54) is 5.56 Å². The molecule has 4 nitrogen and oxygen atoms in total. The number of aryl methyl sites for hydroxylation is 1. The molecule has 1 amide bonds. The Balaban J connectivity index is 1.77. The molecule has 1 aromatic rings. The second kappa shape index (κ2) is 7.41. The number of amides is 1. The molecule has 0 unspecified atom stereocenters. The second-order valence-electron chi connectivity index (χ2n) is 5.39. The fourth-order valence-electron chi connectivity index (χ4n) is 2.64. The van der Waals surface area contributed by atoms with Crippen LogP contribution in [0.4, 0.5) is 0 Å². The smallest absolute Gasteiger partial charge is 0.239 e. The van der Waals surface area contributed by atoms with Gasteiger partial charge in [-0.3, -0.25) is 4.79 Å². The molecule has 1 heterocycles. The summed E-state index contributed by atoms with van der Waals surface area (Å²) in [7, 11) is 1.73. The van der Waals surface area contributed by atoms with E-state index < -0.39 is 6.04 Å². The summed E-state index contributed by atoms with van der Waals surface area (Å²) in [6.45, 7) is 1.52. The fraction of sp³-hybridized carbons (Fsp3) is 0.562. The zero-order valence-corrected chi connectivity index (χ0v) is 12.1. The standard InChI is InChI=1S/C16H24N2O2/c1-20-14-9-11-18(12-10-14)16(19)15(17)8-7-13-5-3-2-4-6-13/h2-6,14-15H,7-12,17H2,1H3/t15-/m1/s1. The van der Waals surface area contributed by atoms with Crippen molar-refractivity contribution < 1.29 is 9.53 Å². The number of nitrogens with zero attached hydrogens (tertiary/aromatic N) is 1. The Kier molecular flexibility index (Phi) is 5.56. The number of hydrogen-bond donors (Lipinski definition) is 1. The van der Waals surface area contributed by atoms with Crippen molar-refractivity contribution in [3.05, 3.63) is 35.9 Å². The maximum Gasteiger partial charge on any atom is 0.239 e. The number of rotatable bonds is 5. The highest BCUT2D eigenvalue weighted by atomic mass is 16.5. The second-order valence-corrected chi connectivity index (χ2v) is 5.39. The van der Waals surface area contributed by atoms with Crippen LogP contribution in [-0.2, 0) is 16.0 Å². The summed E-state index contributed by atoms with van der Waals surface area (Å²) >= 11 is 0. The lowest BCUT2D eigenvalue weighted by Gasteiger charge is -2.32. The molecular formula is C16H24N2O2. The average molecular weight is 276 g/mol. The minimum absolute atomic E-state index is 0.0792. The fourth-order valence-corrected chi connectivity index (χ4v) is 2.64. The molecule has 0 aliphatic carbocycles. The van der Waals surface area contributed by atoms with Crippen LogP contribution in [0.1, 0.15) is 24.8 Å². The molecule has 20 heavy (non-hydrogen) atoms. The molecule has 0 saturated carbocycles. The van der Waals surface area contributed by atoms with E-state index in [9.17, 15) is 4.79 Å². The number of piperidine rings is 1. The van der Waals surface area contributed by atoms with Gasteiger partial charge in [-0.05, 0) is 31.2 Å². The van der Waals surface area contributed by atoms with Crippen molar-refractivity contribution in [2.75, 3.05) is 20.2 Å². The Hall–Kier alpha value is -1.39. The Morgan fingerprint density at radius 3 is 2.60 bits per heavy atom. The van der Waals surface area contributed by atoms with Gasteiger partial charge in [0, 0.05) is 20.2 Å². The molecule has 0 aromatic heterocycles. The summed E-state index contributed by atoms with van der Waals surface area (Å²) < 4.78 is 5.32. The largest absolute Gasteiger partial charge is 0.381 e. The van der Waals surface area contributed by atoms with Crippen molar-refractivity contribution >= 4 is 5.91 Å². The first-order chi connectivity index (χ1) is 9.70. The molecule has 0 bridgehead atoms. The molecular weight excluding hydrogens is 252 g/mol. The van der Waals surface area contributed by atoms with E-state index in [4.69, 9.17) is 10.5 Å². The molecule has 1 saturated heterocycles. The van der Waals surface area contributed by atoms with Gasteiger partial charge in [0.25, 0.3) is 0 Å². The SMILES string of the molecule is COC1CCN(C(=O)[C@H](N)CCc2ccccc2)CC1. The summed E-state index contributed by atoms with van der Waals surface area (Å²) in [4.78, 5) is 14.2. The summed E-state index contributed by atoms with van der Waals surface area (Å²) in [5.41, 5.74) is 7.27. The third-order valence-electron chi connectivity index (χ3n) is 3.99. The van der Waals surface area contributed by atoms with Crippen LogP contribution in [0.15, 0.2) is 30.3 Å². The summed E-state index contributed by atoms with van der Waals surface area (Å²) in [6, 6.07) is 9.77. The van der Waals surface area contributed by atoms with Crippen LogP contribution in [0.2, 0.25) is 0 Å². The molecule has 110 valence electrons. The molecule has 1 aromatic carbocycles. The lowest BCUT2D eigenvalue weighted by atomic mass is 10.0. The maximum absolute atomic E-state index is 12.3. The molecule has 0 radical (unpaired) electrons. The number of likely N-dealkylation sites (tertiary alicyclic amines) is 1. The lowest BCUT2D eigenvalue weighted by Crippen LogP contribution is -2.48. The van der Waals surface area contributed by atoms with E-state index in [1.807, 2.05) is 23.1 Å². The van der Waals surface area contributed by atoms with Gasteiger partial charge in [-0.15, -0.1) is 0 Å². The van der Waals surface area contributed by atoms with Crippen LogP contribution >= 0.6 is 0 Å². The number of methoxy groups -OCH3 is 1. The molecule has 1 atom stereocenters. The maximum atomic E-state index is 12.3. The van der Waals surface area contributed by atoms with Crippen LogP contribution in [0, 0.1) is 0 Å². The number of benzene rings is 1. The van der Waals surface area contributed by atoms with Crippen LogP contribution < -0.4 is 5.73 Å². The Morgan fingerprint density at radius 1 is 1.35 bits per heavy atom. The van der Waals surface area contributed by atoms with Gasteiger partial charge >= 0.3 is 0 Å². The molecule has 1 fully saturated rings. The van der Waals surface area contributed by atoms with E-state index in [-0.39, 0.29) is 5.91 Å². The number of ether oxygens (including phenoxy) is 1. The third kappa shape index (κ3) is 4.05. The Labute approximate surface area is 120 Å². The predicted octanol–water partition coefficient (Wildman–Crippen LogP) is 1.58. The van der Waals surface area contributed by atoms with Crippen molar-refractivity contribution in [2.24, 2.45) is 5.73 Å². The highest BCUT2D eigenvalue weighted by molar-refractivity contribution is 5.81. The zero-order chi connectivity index (χ0) is 14.4. The monoisotopic (exact) mass is 276 g/mol. The van der Waals surface area contributed by atoms with Crippen molar-refractivity contribution in [1.29, 1.82) is 0 Å². The van der Waals surface area contributed by atoms with Crippen molar-refractivity contribution in [3.8, 4) is 0 Å². The van der Waals surface area contributed by atoms with Crippen molar-refractivity contribution in [2.45, 2.75) is 37.8 Å².